The van der Waals surface area contributed by atoms with Crippen LogP contribution in [-0.4, -0.2) is 55.7 Å². The number of hydrogen-bond donors (Lipinski definition) is 2. The van der Waals surface area contributed by atoms with Gasteiger partial charge in [0.1, 0.15) is 0 Å². The Kier molecular flexibility index (Phi) is 7.65. The van der Waals surface area contributed by atoms with Crippen molar-refractivity contribution >= 4 is 11.9 Å². The molecule has 2 fully saturated rings. The summed E-state index contributed by atoms with van der Waals surface area (Å²) in [7, 11) is 1.77. The average molecular weight is 325 g/mol. The highest BCUT2D eigenvalue weighted by molar-refractivity contribution is 5.78. The van der Waals surface area contributed by atoms with Crippen molar-refractivity contribution in [2.24, 2.45) is 0 Å². The van der Waals surface area contributed by atoms with Gasteiger partial charge in [0.25, 0.3) is 0 Å². The number of hydrogen-bond acceptors (Lipinski definition) is 3. The van der Waals surface area contributed by atoms with Gasteiger partial charge < -0.3 is 20.3 Å². The zero-order valence-corrected chi connectivity index (χ0v) is 14.3. The van der Waals surface area contributed by atoms with Crippen LogP contribution in [0.1, 0.15) is 57.8 Å². The molecular weight excluding hydrogens is 294 g/mol. The standard InChI is InChI=1S/C17H31N3O3/c1-20(13-15-9-5-6-12-23-15)17(22)18-11-10-16(21)19-14-7-3-2-4-8-14/h14-15H,2-13H2,1H3,(H,18,22)(H,19,21). The van der Waals surface area contributed by atoms with Crippen molar-refractivity contribution in [1.29, 1.82) is 0 Å². The molecule has 0 aromatic heterocycles. The van der Waals surface area contributed by atoms with Gasteiger partial charge in [0.05, 0.1) is 6.10 Å². The Labute approximate surface area is 139 Å². The van der Waals surface area contributed by atoms with Gasteiger partial charge in [-0.15, -0.1) is 0 Å². The lowest BCUT2D eigenvalue weighted by molar-refractivity contribution is -0.121. The zero-order chi connectivity index (χ0) is 16.5. The monoisotopic (exact) mass is 325 g/mol. The van der Waals surface area contributed by atoms with Gasteiger partial charge in [-0.1, -0.05) is 19.3 Å². The van der Waals surface area contributed by atoms with Gasteiger partial charge >= 0.3 is 6.03 Å². The summed E-state index contributed by atoms with van der Waals surface area (Å²) >= 11 is 0. The molecule has 2 rings (SSSR count). The maximum atomic E-state index is 12.0. The Hall–Kier alpha value is -1.30. The van der Waals surface area contributed by atoms with Crippen molar-refractivity contribution < 1.29 is 14.3 Å². The number of rotatable bonds is 6. The third kappa shape index (κ3) is 6.77. The van der Waals surface area contributed by atoms with Gasteiger partial charge in [0.2, 0.25) is 5.91 Å². The van der Waals surface area contributed by atoms with Crippen molar-refractivity contribution in [2.45, 2.75) is 69.9 Å². The quantitative estimate of drug-likeness (QED) is 0.785. The second kappa shape index (κ2) is 9.75. The Morgan fingerprint density at radius 2 is 1.83 bits per heavy atom. The molecule has 1 aliphatic carbocycles. The second-order valence-electron chi connectivity index (χ2n) is 6.75. The van der Waals surface area contributed by atoms with Crippen LogP contribution in [0.25, 0.3) is 0 Å². The van der Waals surface area contributed by atoms with E-state index < -0.39 is 0 Å². The Morgan fingerprint density at radius 3 is 2.52 bits per heavy atom. The lowest BCUT2D eigenvalue weighted by Gasteiger charge is -2.27. The van der Waals surface area contributed by atoms with E-state index in [-0.39, 0.29) is 18.0 Å². The number of likely N-dealkylation sites (N-methyl/N-ethyl adjacent to an activating group) is 1. The van der Waals surface area contributed by atoms with E-state index in [2.05, 4.69) is 10.6 Å². The lowest BCUT2D eigenvalue weighted by atomic mass is 9.95. The van der Waals surface area contributed by atoms with E-state index in [1.165, 1.54) is 25.7 Å². The smallest absolute Gasteiger partial charge is 0.317 e. The maximum absolute atomic E-state index is 12.0. The van der Waals surface area contributed by atoms with E-state index >= 15 is 0 Å². The SMILES string of the molecule is CN(CC1CCCCO1)C(=O)NCCC(=O)NC1CCCCC1. The average Bonchev–Trinajstić information content (AvgIpc) is 2.56. The summed E-state index contributed by atoms with van der Waals surface area (Å²) in [6, 6.07) is 0.197. The van der Waals surface area contributed by atoms with Crippen LogP contribution in [0.3, 0.4) is 0 Å². The molecule has 1 saturated heterocycles. The van der Waals surface area contributed by atoms with Crippen LogP contribution in [0.5, 0.6) is 0 Å². The molecule has 2 N–H and O–H groups in total. The summed E-state index contributed by atoms with van der Waals surface area (Å²) in [4.78, 5) is 25.5. The minimum absolute atomic E-state index is 0.0375. The van der Waals surface area contributed by atoms with E-state index in [1.807, 2.05) is 0 Å². The molecule has 1 heterocycles. The van der Waals surface area contributed by atoms with E-state index in [0.717, 1.165) is 32.3 Å². The van der Waals surface area contributed by atoms with Crippen LogP contribution in [-0.2, 0) is 9.53 Å². The number of carbonyl (C=O) groups excluding carboxylic acids is 2. The highest BCUT2D eigenvalue weighted by Crippen LogP contribution is 2.17. The molecule has 6 heteroatoms. The normalized spacial score (nSPS) is 22.4. The first-order chi connectivity index (χ1) is 11.1. The third-order valence-electron chi connectivity index (χ3n) is 4.70. The first-order valence-electron chi connectivity index (χ1n) is 9.05. The van der Waals surface area contributed by atoms with Crippen LogP contribution in [0.4, 0.5) is 4.79 Å². The summed E-state index contributed by atoms with van der Waals surface area (Å²) < 4.78 is 5.64. The molecule has 6 nitrogen and oxygen atoms in total. The molecule has 1 unspecified atom stereocenters. The number of urea groups is 1. The highest BCUT2D eigenvalue weighted by atomic mass is 16.5. The van der Waals surface area contributed by atoms with Gasteiger partial charge in [-0.2, -0.15) is 0 Å². The number of nitrogens with zero attached hydrogens (tertiary/aromatic N) is 1. The number of nitrogens with one attached hydrogen (secondary N) is 2. The second-order valence-corrected chi connectivity index (χ2v) is 6.75. The van der Waals surface area contributed by atoms with Crippen molar-refractivity contribution in [2.75, 3.05) is 26.7 Å². The number of carbonyl (C=O) groups is 2. The van der Waals surface area contributed by atoms with E-state index in [4.69, 9.17) is 4.74 Å². The molecule has 0 aromatic carbocycles. The van der Waals surface area contributed by atoms with Gasteiger partial charge in [-0.3, -0.25) is 4.79 Å². The molecule has 132 valence electrons. The van der Waals surface area contributed by atoms with E-state index in [9.17, 15) is 9.59 Å². The predicted molar refractivity (Wildman–Crippen MR) is 89.3 cm³/mol. The predicted octanol–water partition coefficient (Wildman–Crippen LogP) is 2.04. The Balaban J connectivity index is 1.56. The van der Waals surface area contributed by atoms with E-state index in [0.29, 0.717) is 25.6 Å². The zero-order valence-electron chi connectivity index (χ0n) is 14.3. The molecule has 2 aliphatic rings. The lowest BCUT2D eigenvalue weighted by Crippen LogP contribution is -2.44. The molecule has 3 amide bonds. The minimum atomic E-state index is -0.135. The van der Waals surface area contributed by atoms with Crippen LogP contribution >= 0.6 is 0 Å². The van der Waals surface area contributed by atoms with Crippen molar-refractivity contribution in [3.05, 3.63) is 0 Å². The van der Waals surface area contributed by atoms with Gasteiger partial charge in [0.15, 0.2) is 0 Å². The third-order valence-corrected chi connectivity index (χ3v) is 4.70. The molecule has 0 spiro atoms. The Bertz CT molecular complexity index is 377. The molecule has 1 saturated carbocycles. The van der Waals surface area contributed by atoms with Crippen LogP contribution < -0.4 is 10.6 Å². The summed E-state index contributed by atoms with van der Waals surface area (Å²) in [5.74, 6) is 0.0375. The largest absolute Gasteiger partial charge is 0.376 e. The first kappa shape index (κ1) is 18.0. The maximum Gasteiger partial charge on any atom is 0.317 e. The molecular formula is C17H31N3O3. The summed E-state index contributed by atoms with van der Waals surface area (Å²) in [6.45, 7) is 1.79. The van der Waals surface area contributed by atoms with Crippen molar-refractivity contribution in [3.8, 4) is 0 Å². The van der Waals surface area contributed by atoms with Crippen molar-refractivity contribution in [1.82, 2.24) is 15.5 Å². The molecule has 1 atom stereocenters. The van der Waals surface area contributed by atoms with Gasteiger partial charge in [0, 0.05) is 39.2 Å². The summed E-state index contributed by atoms with van der Waals surface area (Å²) in [5.41, 5.74) is 0. The molecule has 0 bridgehead atoms. The van der Waals surface area contributed by atoms with Crippen LogP contribution in [0, 0.1) is 0 Å². The Morgan fingerprint density at radius 1 is 1.09 bits per heavy atom. The molecule has 0 aromatic rings. The minimum Gasteiger partial charge on any atom is -0.376 e. The fraction of sp³-hybridized carbons (Fsp3) is 0.882. The van der Waals surface area contributed by atoms with Gasteiger partial charge in [-0.25, -0.2) is 4.79 Å². The molecule has 0 radical (unpaired) electrons. The number of ether oxygens (including phenoxy) is 1. The van der Waals surface area contributed by atoms with E-state index in [1.54, 1.807) is 11.9 Å². The van der Waals surface area contributed by atoms with Crippen molar-refractivity contribution in [3.63, 3.8) is 0 Å². The van der Waals surface area contributed by atoms with Crippen LogP contribution in [0.15, 0.2) is 0 Å². The highest BCUT2D eigenvalue weighted by Gasteiger charge is 2.19. The molecule has 23 heavy (non-hydrogen) atoms. The number of amides is 3. The first-order valence-corrected chi connectivity index (χ1v) is 9.05. The summed E-state index contributed by atoms with van der Waals surface area (Å²) in [5, 5.41) is 5.87. The van der Waals surface area contributed by atoms with Gasteiger partial charge in [-0.05, 0) is 32.1 Å². The fourth-order valence-corrected chi connectivity index (χ4v) is 3.30. The molecule has 1 aliphatic heterocycles. The van der Waals surface area contributed by atoms with Crippen LogP contribution in [0.2, 0.25) is 0 Å². The fourth-order valence-electron chi connectivity index (χ4n) is 3.30. The topological polar surface area (TPSA) is 70.7 Å². The summed E-state index contributed by atoms with van der Waals surface area (Å²) in [6.07, 6.45) is 9.64.